The van der Waals surface area contributed by atoms with Gasteiger partial charge in [0.05, 0.1) is 19.2 Å². The second kappa shape index (κ2) is 11.0. The second-order valence-electron chi connectivity index (χ2n) is 13.5. The average molecular weight is 572 g/mol. The number of carbonyl (C=O) groups excluding carboxylic acids is 3. The minimum absolute atomic E-state index is 0.0483. The number of nitrogens with zero attached hydrogens (tertiary/aromatic N) is 2. The van der Waals surface area contributed by atoms with Crippen LogP contribution in [-0.2, 0) is 27.5 Å². The minimum atomic E-state index is -0.352. The predicted molar refractivity (Wildman–Crippen MR) is 156 cm³/mol. The largest absolute Gasteiger partial charge is 0.489 e. The number of para-hydroxylation sites is 1. The van der Waals surface area contributed by atoms with Gasteiger partial charge in [-0.3, -0.25) is 14.5 Å². The Balaban J connectivity index is 0.888. The average Bonchev–Trinajstić information content (AvgIpc) is 3.71. The van der Waals surface area contributed by atoms with Gasteiger partial charge in [-0.15, -0.1) is 0 Å². The number of hydrogen-bond acceptors (Lipinski definition) is 6. The van der Waals surface area contributed by atoms with Crippen molar-refractivity contribution in [3.8, 4) is 5.75 Å². The van der Waals surface area contributed by atoms with E-state index in [1.807, 2.05) is 35.2 Å². The van der Waals surface area contributed by atoms with Crippen molar-refractivity contribution < 1.29 is 23.9 Å². The van der Waals surface area contributed by atoms with Crippen LogP contribution < -0.4 is 10.1 Å². The molecule has 0 radical (unpaired) electrons. The van der Waals surface area contributed by atoms with Crippen LogP contribution in [0.4, 0.5) is 0 Å². The van der Waals surface area contributed by atoms with E-state index < -0.39 is 0 Å². The van der Waals surface area contributed by atoms with Gasteiger partial charge in [-0.25, -0.2) is 4.79 Å². The summed E-state index contributed by atoms with van der Waals surface area (Å²) in [7, 11) is 1.38. The van der Waals surface area contributed by atoms with Crippen LogP contribution >= 0.6 is 0 Å². The van der Waals surface area contributed by atoms with E-state index in [2.05, 4.69) is 16.3 Å². The molecule has 222 valence electrons. The lowest BCUT2D eigenvalue weighted by atomic mass is 9.73. The third-order valence-corrected chi connectivity index (χ3v) is 10.9. The highest BCUT2D eigenvalue weighted by Crippen LogP contribution is 2.66. The Bertz CT molecular complexity index is 1350. The first-order valence-corrected chi connectivity index (χ1v) is 15.6. The van der Waals surface area contributed by atoms with E-state index in [1.54, 1.807) is 12.1 Å². The lowest BCUT2D eigenvalue weighted by Gasteiger charge is -2.35. The topological polar surface area (TPSA) is 88.2 Å². The van der Waals surface area contributed by atoms with Gasteiger partial charge in [-0.2, -0.15) is 0 Å². The number of nitrogens with one attached hydrogen (secondary N) is 1. The molecular formula is C34H41N3O5. The summed E-state index contributed by atoms with van der Waals surface area (Å²) in [5.74, 6) is 3.02. The lowest BCUT2D eigenvalue weighted by molar-refractivity contribution is -0.135. The van der Waals surface area contributed by atoms with E-state index >= 15 is 0 Å². The van der Waals surface area contributed by atoms with Gasteiger partial charge in [0, 0.05) is 43.7 Å². The summed E-state index contributed by atoms with van der Waals surface area (Å²) in [6, 6.07) is 15.9. The van der Waals surface area contributed by atoms with Gasteiger partial charge in [0.15, 0.2) is 0 Å². The number of piperazine rings is 1. The smallest absolute Gasteiger partial charge is 0.337 e. The number of fused-ring (bicyclic) bond motifs is 2. The predicted octanol–water partition coefficient (Wildman–Crippen LogP) is 4.17. The highest BCUT2D eigenvalue weighted by molar-refractivity contribution is 5.89. The van der Waals surface area contributed by atoms with Crippen LogP contribution in [0, 0.1) is 23.2 Å². The second-order valence-corrected chi connectivity index (χ2v) is 13.5. The summed E-state index contributed by atoms with van der Waals surface area (Å²) in [6.07, 6.45) is 8.04. The number of likely N-dealkylation sites (tertiary alicyclic amines) is 2. The molecule has 2 heterocycles. The monoisotopic (exact) mass is 571 g/mol. The maximum absolute atomic E-state index is 13.1. The van der Waals surface area contributed by atoms with Crippen molar-refractivity contribution in [1.29, 1.82) is 0 Å². The first-order chi connectivity index (χ1) is 20.4. The highest BCUT2D eigenvalue weighted by atomic mass is 16.5. The lowest BCUT2D eigenvalue weighted by Crippen LogP contribution is -2.51. The molecule has 6 bridgehead atoms. The van der Waals surface area contributed by atoms with Gasteiger partial charge in [0.1, 0.15) is 12.4 Å². The molecule has 6 aliphatic rings. The zero-order chi connectivity index (χ0) is 28.8. The van der Waals surface area contributed by atoms with Gasteiger partial charge >= 0.3 is 5.97 Å². The molecule has 2 aliphatic heterocycles. The fourth-order valence-electron chi connectivity index (χ4n) is 9.17. The van der Waals surface area contributed by atoms with Crippen LogP contribution in [0.1, 0.15) is 66.4 Å². The third-order valence-electron chi connectivity index (χ3n) is 10.9. The first-order valence-electron chi connectivity index (χ1n) is 15.6. The third kappa shape index (κ3) is 5.19. The standard InChI is InChI=1S/C34H41N3O5/c1-41-33(40)25-8-6-22(7-9-25)21-42-30-5-3-2-4-26(30)18-36-19-29-13-28(36)20-37(29)32(39)17-35-31(38)16-34-14-23-10-24(15-34)12-27(34)11-23/h2-9,23-24,27-29H,10-21H2,1H3,(H,35,38). The number of methoxy groups -OCH3 is 1. The zero-order valence-electron chi connectivity index (χ0n) is 24.4. The number of rotatable bonds is 10. The summed E-state index contributed by atoms with van der Waals surface area (Å²) in [6.45, 7) is 2.84. The van der Waals surface area contributed by atoms with Crippen LogP contribution in [0.2, 0.25) is 0 Å². The zero-order valence-corrected chi connectivity index (χ0v) is 24.4. The number of carbonyl (C=O) groups is 3. The maximum atomic E-state index is 13.1. The molecule has 4 unspecified atom stereocenters. The Morgan fingerprint density at radius 3 is 2.40 bits per heavy atom. The molecule has 4 saturated carbocycles. The van der Waals surface area contributed by atoms with Crippen molar-refractivity contribution in [3.05, 3.63) is 65.2 Å². The minimum Gasteiger partial charge on any atom is -0.489 e. The molecule has 6 fully saturated rings. The van der Waals surface area contributed by atoms with Gasteiger partial charge in [-0.1, -0.05) is 30.3 Å². The van der Waals surface area contributed by atoms with E-state index in [4.69, 9.17) is 9.47 Å². The summed E-state index contributed by atoms with van der Waals surface area (Å²) >= 11 is 0. The van der Waals surface area contributed by atoms with Crippen LogP contribution in [0.3, 0.4) is 0 Å². The van der Waals surface area contributed by atoms with E-state index in [-0.39, 0.29) is 35.8 Å². The normalized spacial score (nSPS) is 30.6. The van der Waals surface area contributed by atoms with E-state index in [1.165, 1.54) is 39.2 Å². The Labute approximate surface area is 247 Å². The summed E-state index contributed by atoms with van der Waals surface area (Å²) in [5.41, 5.74) is 2.84. The van der Waals surface area contributed by atoms with Crippen molar-refractivity contribution in [2.45, 2.75) is 70.2 Å². The van der Waals surface area contributed by atoms with Crippen molar-refractivity contribution in [1.82, 2.24) is 15.1 Å². The van der Waals surface area contributed by atoms with Crippen molar-refractivity contribution in [2.75, 3.05) is 26.7 Å². The van der Waals surface area contributed by atoms with Gasteiger partial charge < -0.3 is 19.7 Å². The molecule has 42 heavy (non-hydrogen) atoms. The van der Waals surface area contributed by atoms with Crippen LogP contribution in [0.25, 0.3) is 0 Å². The van der Waals surface area contributed by atoms with E-state index in [0.717, 1.165) is 54.1 Å². The number of esters is 1. The molecule has 8 heteroatoms. The molecule has 8 nitrogen and oxygen atoms in total. The van der Waals surface area contributed by atoms with Gasteiger partial charge in [0.25, 0.3) is 0 Å². The molecule has 2 aromatic carbocycles. The molecule has 2 amide bonds. The first kappa shape index (κ1) is 27.4. The van der Waals surface area contributed by atoms with Crippen molar-refractivity contribution >= 4 is 17.8 Å². The Kier molecular flexibility index (Phi) is 7.21. The molecule has 4 atom stereocenters. The highest BCUT2D eigenvalue weighted by Gasteiger charge is 2.58. The molecule has 4 aliphatic carbocycles. The molecular weight excluding hydrogens is 530 g/mol. The van der Waals surface area contributed by atoms with Crippen LogP contribution in [-0.4, -0.2) is 66.4 Å². The van der Waals surface area contributed by atoms with E-state index in [9.17, 15) is 14.4 Å². The quantitative estimate of drug-likeness (QED) is 0.431. The van der Waals surface area contributed by atoms with Crippen molar-refractivity contribution in [2.24, 2.45) is 23.2 Å². The number of amides is 2. The van der Waals surface area contributed by atoms with Crippen molar-refractivity contribution in [3.63, 3.8) is 0 Å². The maximum Gasteiger partial charge on any atom is 0.337 e. The van der Waals surface area contributed by atoms with Gasteiger partial charge in [-0.05, 0) is 85.5 Å². The molecule has 2 saturated heterocycles. The Hall–Kier alpha value is -3.39. The summed E-state index contributed by atoms with van der Waals surface area (Å²) < 4.78 is 11.0. The van der Waals surface area contributed by atoms with Crippen LogP contribution in [0.5, 0.6) is 5.75 Å². The van der Waals surface area contributed by atoms with Crippen LogP contribution in [0.15, 0.2) is 48.5 Å². The molecule has 0 spiro atoms. The Morgan fingerprint density at radius 2 is 1.69 bits per heavy atom. The Morgan fingerprint density at radius 1 is 0.929 bits per heavy atom. The summed E-state index contributed by atoms with van der Waals surface area (Å²) in [5, 5.41) is 3.00. The molecule has 1 N–H and O–H groups in total. The number of benzene rings is 2. The molecule has 0 aromatic heterocycles. The molecule has 8 rings (SSSR count). The fraction of sp³-hybridized carbons (Fsp3) is 0.559. The SMILES string of the molecule is COC(=O)c1ccc(COc2ccccc2CN2CC3CC2CN3C(=O)CNC(=O)CC23CC4CC(CC2C4)C3)cc1. The fourth-order valence-corrected chi connectivity index (χ4v) is 9.17. The number of ether oxygens (including phenoxy) is 2. The summed E-state index contributed by atoms with van der Waals surface area (Å²) in [4.78, 5) is 42.2. The number of hydrogen-bond donors (Lipinski definition) is 1. The van der Waals surface area contributed by atoms with Gasteiger partial charge in [0.2, 0.25) is 11.8 Å². The molecule has 2 aromatic rings. The van der Waals surface area contributed by atoms with E-state index in [0.29, 0.717) is 31.2 Å².